The molecule has 134 valence electrons. The molecule has 3 nitrogen and oxygen atoms in total. The maximum absolute atomic E-state index is 12.3. The second-order valence-electron chi connectivity index (χ2n) is 6.69. The SMILES string of the molecule is Cl.Nc1ccc(CC(=O)NCC2(c3cccc(Cl)c3)CCCC2)cc1. The van der Waals surface area contributed by atoms with Gasteiger partial charge in [0.1, 0.15) is 0 Å². The summed E-state index contributed by atoms with van der Waals surface area (Å²) in [5, 5.41) is 3.89. The van der Waals surface area contributed by atoms with Crippen molar-refractivity contribution in [3.63, 3.8) is 0 Å². The lowest BCUT2D eigenvalue weighted by atomic mass is 9.79. The van der Waals surface area contributed by atoms with Crippen LogP contribution < -0.4 is 11.1 Å². The van der Waals surface area contributed by atoms with E-state index < -0.39 is 0 Å². The molecule has 0 bridgehead atoms. The van der Waals surface area contributed by atoms with E-state index in [0.29, 0.717) is 18.7 Å². The second-order valence-corrected chi connectivity index (χ2v) is 7.13. The number of anilines is 1. The summed E-state index contributed by atoms with van der Waals surface area (Å²) in [6, 6.07) is 15.5. The fourth-order valence-corrected chi connectivity index (χ4v) is 3.78. The maximum Gasteiger partial charge on any atom is 0.224 e. The van der Waals surface area contributed by atoms with Crippen molar-refractivity contribution in [1.82, 2.24) is 5.32 Å². The van der Waals surface area contributed by atoms with Crippen LogP contribution in [0.5, 0.6) is 0 Å². The molecule has 2 aromatic rings. The molecule has 3 N–H and O–H groups in total. The minimum Gasteiger partial charge on any atom is -0.399 e. The van der Waals surface area contributed by atoms with E-state index in [4.69, 9.17) is 17.3 Å². The molecule has 0 atom stereocenters. The number of carbonyl (C=O) groups excluding carboxylic acids is 1. The molecule has 0 aromatic heterocycles. The van der Waals surface area contributed by atoms with E-state index in [0.717, 1.165) is 23.4 Å². The van der Waals surface area contributed by atoms with Gasteiger partial charge in [-0.15, -0.1) is 12.4 Å². The summed E-state index contributed by atoms with van der Waals surface area (Å²) < 4.78 is 0. The minimum atomic E-state index is 0. The van der Waals surface area contributed by atoms with Gasteiger partial charge in [-0.3, -0.25) is 4.79 Å². The topological polar surface area (TPSA) is 55.1 Å². The van der Waals surface area contributed by atoms with Gasteiger partial charge in [-0.25, -0.2) is 0 Å². The Bertz CT molecular complexity index is 710. The van der Waals surface area contributed by atoms with Crippen LogP contribution in [0.2, 0.25) is 5.02 Å². The Kier molecular flexibility index (Phi) is 6.74. The summed E-state index contributed by atoms with van der Waals surface area (Å²) in [5.41, 5.74) is 8.62. The smallest absolute Gasteiger partial charge is 0.224 e. The van der Waals surface area contributed by atoms with Gasteiger partial charge in [0.15, 0.2) is 0 Å². The Morgan fingerprint density at radius 1 is 1.12 bits per heavy atom. The third kappa shape index (κ3) is 4.90. The van der Waals surface area contributed by atoms with Gasteiger partial charge >= 0.3 is 0 Å². The lowest BCUT2D eigenvalue weighted by molar-refractivity contribution is -0.120. The quantitative estimate of drug-likeness (QED) is 0.751. The van der Waals surface area contributed by atoms with Crippen LogP contribution in [0.3, 0.4) is 0 Å². The summed E-state index contributed by atoms with van der Waals surface area (Å²) in [7, 11) is 0. The Balaban J connectivity index is 0.00000225. The lowest BCUT2D eigenvalue weighted by Crippen LogP contribution is -2.39. The standard InChI is InChI=1S/C20H23ClN2O.ClH/c21-17-5-3-4-16(13-17)20(10-1-2-11-20)14-23-19(24)12-15-6-8-18(22)9-7-15;/h3-9,13H,1-2,10-12,14,22H2,(H,23,24);1H. The van der Waals surface area contributed by atoms with Crippen molar-refractivity contribution >= 4 is 35.6 Å². The molecule has 0 unspecified atom stereocenters. The van der Waals surface area contributed by atoms with Gasteiger partial charge in [-0.1, -0.05) is 48.7 Å². The van der Waals surface area contributed by atoms with Crippen LogP contribution in [0, 0.1) is 0 Å². The first-order valence-corrected chi connectivity index (χ1v) is 8.82. The van der Waals surface area contributed by atoms with Gasteiger partial charge in [0.25, 0.3) is 0 Å². The van der Waals surface area contributed by atoms with Gasteiger partial charge in [0, 0.05) is 22.7 Å². The fourth-order valence-electron chi connectivity index (χ4n) is 3.59. The average Bonchev–Trinajstić information content (AvgIpc) is 3.05. The predicted octanol–water partition coefficient (Wildman–Crippen LogP) is 4.51. The molecule has 1 amide bonds. The zero-order chi connectivity index (χ0) is 17.0. The van der Waals surface area contributed by atoms with Crippen LogP contribution in [0.25, 0.3) is 0 Å². The molecule has 5 heteroatoms. The number of nitrogen functional groups attached to an aromatic ring is 1. The molecule has 1 aliphatic carbocycles. The number of hydrogen-bond donors (Lipinski definition) is 2. The average molecular weight is 379 g/mol. The highest BCUT2D eigenvalue weighted by atomic mass is 35.5. The van der Waals surface area contributed by atoms with Crippen molar-refractivity contribution in [2.24, 2.45) is 0 Å². The number of nitrogens with one attached hydrogen (secondary N) is 1. The van der Waals surface area contributed by atoms with Crippen molar-refractivity contribution in [2.75, 3.05) is 12.3 Å². The third-order valence-corrected chi connectivity index (χ3v) is 5.20. The fraction of sp³-hybridized carbons (Fsp3) is 0.350. The monoisotopic (exact) mass is 378 g/mol. The molecule has 1 fully saturated rings. The first-order chi connectivity index (χ1) is 11.6. The second kappa shape index (κ2) is 8.59. The maximum atomic E-state index is 12.3. The van der Waals surface area contributed by atoms with Crippen molar-refractivity contribution in [3.05, 3.63) is 64.7 Å². The van der Waals surface area contributed by atoms with Crippen molar-refractivity contribution in [3.8, 4) is 0 Å². The van der Waals surface area contributed by atoms with E-state index in [1.807, 2.05) is 42.5 Å². The number of nitrogens with two attached hydrogens (primary N) is 1. The van der Waals surface area contributed by atoms with Crippen molar-refractivity contribution < 1.29 is 4.79 Å². The predicted molar refractivity (Wildman–Crippen MR) is 106 cm³/mol. The Morgan fingerprint density at radius 2 is 1.80 bits per heavy atom. The molecule has 1 aliphatic rings. The van der Waals surface area contributed by atoms with E-state index >= 15 is 0 Å². The molecular formula is C20H24Cl2N2O. The summed E-state index contributed by atoms with van der Waals surface area (Å²) in [6.07, 6.45) is 4.96. The van der Waals surface area contributed by atoms with E-state index in [1.165, 1.54) is 18.4 Å². The Morgan fingerprint density at radius 3 is 2.44 bits per heavy atom. The molecule has 0 spiro atoms. The number of halogens is 2. The van der Waals surface area contributed by atoms with Crippen LogP contribution in [0.4, 0.5) is 5.69 Å². The van der Waals surface area contributed by atoms with E-state index in [2.05, 4.69) is 11.4 Å². The summed E-state index contributed by atoms with van der Waals surface area (Å²) in [6.45, 7) is 0.668. The molecule has 3 rings (SSSR count). The van der Waals surface area contributed by atoms with Crippen molar-refractivity contribution in [1.29, 1.82) is 0 Å². The molecule has 0 saturated heterocycles. The zero-order valence-corrected chi connectivity index (χ0v) is 15.7. The normalized spacial score (nSPS) is 15.4. The van der Waals surface area contributed by atoms with Crippen LogP contribution in [0.1, 0.15) is 36.8 Å². The van der Waals surface area contributed by atoms with E-state index in [-0.39, 0.29) is 23.7 Å². The first kappa shape index (κ1) is 19.6. The van der Waals surface area contributed by atoms with Gasteiger partial charge in [0.2, 0.25) is 5.91 Å². The minimum absolute atomic E-state index is 0. The molecule has 1 saturated carbocycles. The van der Waals surface area contributed by atoms with Gasteiger partial charge in [-0.05, 0) is 48.2 Å². The zero-order valence-electron chi connectivity index (χ0n) is 14.1. The molecule has 0 radical (unpaired) electrons. The summed E-state index contributed by atoms with van der Waals surface area (Å²) >= 11 is 6.17. The van der Waals surface area contributed by atoms with Crippen LogP contribution in [-0.2, 0) is 16.6 Å². The van der Waals surface area contributed by atoms with Crippen LogP contribution in [0.15, 0.2) is 48.5 Å². The molecule has 0 heterocycles. The third-order valence-electron chi connectivity index (χ3n) is 4.97. The molecule has 2 aromatic carbocycles. The summed E-state index contributed by atoms with van der Waals surface area (Å²) in [4.78, 5) is 12.3. The number of carbonyl (C=O) groups is 1. The lowest BCUT2D eigenvalue weighted by Gasteiger charge is -2.30. The number of rotatable bonds is 5. The number of amides is 1. The van der Waals surface area contributed by atoms with Gasteiger partial charge in [0.05, 0.1) is 6.42 Å². The Hall–Kier alpha value is -1.71. The highest BCUT2D eigenvalue weighted by molar-refractivity contribution is 6.30. The Labute approximate surface area is 160 Å². The number of benzene rings is 2. The summed E-state index contributed by atoms with van der Waals surface area (Å²) in [5.74, 6) is 0.0491. The first-order valence-electron chi connectivity index (χ1n) is 8.45. The highest BCUT2D eigenvalue weighted by Crippen LogP contribution is 2.41. The van der Waals surface area contributed by atoms with Crippen LogP contribution >= 0.6 is 24.0 Å². The molecular weight excluding hydrogens is 355 g/mol. The highest BCUT2D eigenvalue weighted by Gasteiger charge is 2.35. The van der Waals surface area contributed by atoms with Crippen LogP contribution in [-0.4, -0.2) is 12.5 Å². The van der Waals surface area contributed by atoms with E-state index in [1.54, 1.807) is 0 Å². The van der Waals surface area contributed by atoms with Gasteiger partial charge < -0.3 is 11.1 Å². The molecule has 0 aliphatic heterocycles. The molecule has 25 heavy (non-hydrogen) atoms. The van der Waals surface area contributed by atoms with Gasteiger partial charge in [-0.2, -0.15) is 0 Å². The number of hydrogen-bond acceptors (Lipinski definition) is 2. The van der Waals surface area contributed by atoms with Crippen molar-refractivity contribution in [2.45, 2.75) is 37.5 Å². The largest absolute Gasteiger partial charge is 0.399 e. The van der Waals surface area contributed by atoms with E-state index in [9.17, 15) is 4.79 Å².